The smallest absolute Gasteiger partial charge is 0.151 e. The molecule has 4 heteroatoms. The molecule has 3 rings (SSSR count). The predicted octanol–water partition coefficient (Wildman–Crippen LogP) is 2.71. The lowest BCUT2D eigenvalue weighted by molar-refractivity contribution is 0.436. The summed E-state index contributed by atoms with van der Waals surface area (Å²) in [5.41, 5.74) is 1.11. The number of rotatable bonds is 5. The van der Waals surface area contributed by atoms with Crippen LogP contribution in [0, 0.1) is 5.92 Å². The van der Waals surface area contributed by atoms with Crippen molar-refractivity contribution in [1.29, 1.82) is 0 Å². The third-order valence-corrected chi connectivity index (χ3v) is 3.75. The van der Waals surface area contributed by atoms with Gasteiger partial charge in [-0.15, -0.1) is 10.2 Å². The van der Waals surface area contributed by atoms with Crippen molar-refractivity contribution in [3.63, 3.8) is 0 Å². The molecule has 0 saturated carbocycles. The fourth-order valence-corrected chi connectivity index (χ4v) is 2.61. The molecule has 1 aromatic carbocycles. The normalized spacial score (nSPS) is 18.3. The van der Waals surface area contributed by atoms with Crippen LogP contribution in [0.3, 0.4) is 0 Å². The van der Waals surface area contributed by atoms with Crippen LogP contribution in [0.4, 0.5) is 0 Å². The summed E-state index contributed by atoms with van der Waals surface area (Å²) in [6.45, 7) is 1.81. The maximum atomic E-state index is 4.21. The largest absolute Gasteiger partial charge is 0.310 e. The Morgan fingerprint density at radius 1 is 1.20 bits per heavy atom. The molecule has 0 spiro atoms. The molecule has 1 unspecified atom stereocenters. The second kappa shape index (κ2) is 6.48. The number of benzene rings is 1. The predicted molar refractivity (Wildman–Crippen MR) is 79.5 cm³/mol. The number of nitrogens with zero attached hydrogens (tertiary/aromatic N) is 3. The van der Waals surface area contributed by atoms with Gasteiger partial charge in [0.1, 0.15) is 6.33 Å². The van der Waals surface area contributed by atoms with E-state index in [1.165, 1.54) is 19.3 Å². The molecule has 104 valence electrons. The van der Waals surface area contributed by atoms with Crippen molar-refractivity contribution in [2.75, 3.05) is 6.54 Å². The van der Waals surface area contributed by atoms with Crippen LogP contribution in [0.15, 0.2) is 48.8 Å². The lowest BCUT2D eigenvalue weighted by atomic mass is 9.94. The van der Waals surface area contributed by atoms with E-state index in [0.717, 1.165) is 30.5 Å². The maximum Gasteiger partial charge on any atom is 0.151 e. The molecule has 1 N–H and O–H groups in total. The molecule has 1 atom stereocenters. The summed E-state index contributed by atoms with van der Waals surface area (Å²) in [6, 6.07) is 10.2. The maximum absolute atomic E-state index is 4.21. The van der Waals surface area contributed by atoms with Gasteiger partial charge in [0.25, 0.3) is 0 Å². The minimum atomic E-state index is 0.757. The molecule has 0 aliphatic heterocycles. The molecular weight excluding hydrogens is 248 g/mol. The quantitative estimate of drug-likeness (QED) is 0.848. The van der Waals surface area contributed by atoms with Gasteiger partial charge in [0.2, 0.25) is 0 Å². The highest BCUT2D eigenvalue weighted by atomic mass is 15.3. The Morgan fingerprint density at radius 2 is 2.10 bits per heavy atom. The van der Waals surface area contributed by atoms with Crippen LogP contribution in [0.2, 0.25) is 0 Å². The van der Waals surface area contributed by atoms with Crippen molar-refractivity contribution >= 4 is 0 Å². The summed E-state index contributed by atoms with van der Waals surface area (Å²) in [6.07, 6.45) is 10.0. The average molecular weight is 268 g/mol. The van der Waals surface area contributed by atoms with Gasteiger partial charge in [-0.25, -0.2) is 0 Å². The van der Waals surface area contributed by atoms with E-state index in [0.29, 0.717) is 0 Å². The summed E-state index contributed by atoms with van der Waals surface area (Å²) in [4.78, 5) is 0. The van der Waals surface area contributed by atoms with E-state index in [2.05, 4.69) is 39.8 Å². The molecule has 1 aromatic heterocycles. The molecular formula is C16H20N4. The van der Waals surface area contributed by atoms with Crippen molar-refractivity contribution in [1.82, 2.24) is 20.1 Å². The number of nitrogens with one attached hydrogen (secondary N) is 1. The van der Waals surface area contributed by atoms with E-state index in [-0.39, 0.29) is 0 Å². The van der Waals surface area contributed by atoms with Crippen LogP contribution in [-0.4, -0.2) is 21.3 Å². The Hall–Kier alpha value is -1.94. The first kappa shape index (κ1) is 13.1. The number of aromatic nitrogens is 3. The van der Waals surface area contributed by atoms with E-state index in [1.54, 1.807) is 6.33 Å². The van der Waals surface area contributed by atoms with Gasteiger partial charge in [-0.2, -0.15) is 0 Å². The van der Waals surface area contributed by atoms with Crippen LogP contribution in [0.25, 0.3) is 5.69 Å². The van der Waals surface area contributed by atoms with Crippen molar-refractivity contribution in [3.8, 4) is 5.69 Å². The van der Waals surface area contributed by atoms with Crippen molar-refractivity contribution < 1.29 is 0 Å². The molecule has 2 aromatic rings. The average Bonchev–Trinajstić information content (AvgIpc) is 2.98. The van der Waals surface area contributed by atoms with Gasteiger partial charge in [0, 0.05) is 5.69 Å². The number of hydrogen-bond donors (Lipinski definition) is 1. The van der Waals surface area contributed by atoms with E-state index < -0.39 is 0 Å². The number of hydrogen-bond acceptors (Lipinski definition) is 3. The lowest BCUT2D eigenvalue weighted by Crippen LogP contribution is -2.24. The third-order valence-electron chi connectivity index (χ3n) is 3.75. The Kier molecular flexibility index (Phi) is 4.23. The highest BCUT2D eigenvalue weighted by molar-refractivity contribution is 5.31. The second-order valence-electron chi connectivity index (χ2n) is 5.23. The first-order chi connectivity index (χ1) is 9.93. The molecule has 1 aliphatic rings. The van der Waals surface area contributed by atoms with Crippen LogP contribution in [0.5, 0.6) is 0 Å². The summed E-state index contributed by atoms with van der Waals surface area (Å²) in [5, 5.41) is 11.7. The van der Waals surface area contributed by atoms with Gasteiger partial charge in [0.15, 0.2) is 5.82 Å². The van der Waals surface area contributed by atoms with Gasteiger partial charge in [-0.05, 0) is 43.9 Å². The molecule has 0 bridgehead atoms. The zero-order chi connectivity index (χ0) is 13.6. The van der Waals surface area contributed by atoms with Crippen molar-refractivity contribution in [3.05, 3.63) is 54.6 Å². The van der Waals surface area contributed by atoms with Crippen LogP contribution in [0.1, 0.15) is 25.1 Å². The molecule has 0 saturated heterocycles. The second-order valence-corrected chi connectivity index (χ2v) is 5.23. The first-order valence-corrected chi connectivity index (χ1v) is 7.23. The minimum Gasteiger partial charge on any atom is -0.310 e. The van der Waals surface area contributed by atoms with Crippen LogP contribution < -0.4 is 5.32 Å². The fraction of sp³-hybridized carbons (Fsp3) is 0.375. The van der Waals surface area contributed by atoms with Gasteiger partial charge in [0.05, 0.1) is 6.54 Å². The van der Waals surface area contributed by atoms with E-state index >= 15 is 0 Å². The van der Waals surface area contributed by atoms with Gasteiger partial charge < -0.3 is 5.32 Å². The van der Waals surface area contributed by atoms with Crippen molar-refractivity contribution in [2.45, 2.75) is 25.8 Å². The first-order valence-electron chi connectivity index (χ1n) is 7.23. The molecule has 0 fully saturated rings. The molecule has 0 radical (unpaired) electrons. The molecule has 0 amide bonds. The van der Waals surface area contributed by atoms with E-state index in [1.807, 2.05) is 22.8 Å². The van der Waals surface area contributed by atoms with Gasteiger partial charge >= 0.3 is 0 Å². The number of allylic oxidation sites excluding steroid dienone is 2. The summed E-state index contributed by atoms with van der Waals surface area (Å²) >= 11 is 0. The zero-order valence-corrected chi connectivity index (χ0v) is 11.6. The zero-order valence-electron chi connectivity index (χ0n) is 11.6. The molecule has 4 nitrogen and oxygen atoms in total. The van der Waals surface area contributed by atoms with Crippen LogP contribution >= 0.6 is 0 Å². The van der Waals surface area contributed by atoms with E-state index in [4.69, 9.17) is 0 Å². The Morgan fingerprint density at radius 3 is 2.90 bits per heavy atom. The molecule has 20 heavy (non-hydrogen) atoms. The highest BCUT2D eigenvalue weighted by Gasteiger charge is 2.10. The number of para-hydroxylation sites is 1. The minimum absolute atomic E-state index is 0.757. The highest BCUT2D eigenvalue weighted by Crippen LogP contribution is 2.17. The summed E-state index contributed by atoms with van der Waals surface area (Å²) in [7, 11) is 0. The Balaban J connectivity index is 1.58. The summed E-state index contributed by atoms with van der Waals surface area (Å²) < 4.78 is 2.04. The van der Waals surface area contributed by atoms with Gasteiger partial charge in [-0.3, -0.25) is 4.57 Å². The van der Waals surface area contributed by atoms with E-state index in [9.17, 15) is 0 Å². The molecule has 1 aliphatic carbocycles. The lowest BCUT2D eigenvalue weighted by Gasteiger charge is -2.18. The summed E-state index contributed by atoms with van der Waals surface area (Å²) in [5.74, 6) is 1.72. The molecule has 1 heterocycles. The van der Waals surface area contributed by atoms with Crippen LogP contribution in [-0.2, 0) is 6.54 Å². The topological polar surface area (TPSA) is 42.7 Å². The Labute approximate surface area is 119 Å². The Bertz CT molecular complexity index is 559. The van der Waals surface area contributed by atoms with Crippen molar-refractivity contribution in [2.24, 2.45) is 5.92 Å². The standard InChI is InChI=1S/C16H20N4/c1-3-7-14(8-4-1)11-17-12-16-19-18-13-20(16)15-9-5-2-6-10-15/h1-3,5-6,9-10,13-14,17H,4,7-8,11-12H2. The monoisotopic (exact) mass is 268 g/mol. The third kappa shape index (κ3) is 3.14. The van der Waals surface area contributed by atoms with Gasteiger partial charge in [-0.1, -0.05) is 30.4 Å². The SMILES string of the molecule is C1=CCC(CNCc2nncn2-c2ccccc2)CC1. The fourth-order valence-electron chi connectivity index (χ4n) is 2.61.